The molecule has 2 heterocycles. The zero-order valence-corrected chi connectivity index (χ0v) is 43.5. The number of nitrogens with one attached hydrogen (secondary N) is 1. The Morgan fingerprint density at radius 3 is 1.08 bits per heavy atom. The van der Waals surface area contributed by atoms with Crippen molar-refractivity contribution in [3.05, 3.63) is 156 Å². The predicted octanol–water partition coefficient (Wildman–Crippen LogP) is 15.2. The largest absolute Gasteiger partial charge is 0.481 e. The van der Waals surface area contributed by atoms with E-state index in [0.717, 1.165) is 16.7 Å². The molecule has 0 fully saturated rings. The van der Waals surface area contributed by atoms with Crippen molar-refractivity contribution >= 4 is 70.9 Å². The number of nitrogens with two attached hydrogens (primary N) is 1. The van der Waals surface area contributed by atoms with E-state index in [-0.39, 0.29) is 18.6 Å². The Balaban J connectivity index is -0.000000164. The lowest BCUT2D eigenvalue weighted by atomic mass is 9.84. The van der Waals surface area contributed by atoms with Gasteiger partial charge < -0.3 is 16.2 Å². The molecule has 0 atom stereocenters. The maximum atomic E-state index is 12.3. The fraction of sp³-hybridized carbons (Fsp3) is 0.392. The predicted molar refractivity (Wildman–Crippen MR) is 282 cm³/mol. The second kappa shape index (κ2) is 43.6. The molecule has 0 radical (unpaired) electrons. The zero-order valence-electron chi connectivity index (χ0n) is 40.4. The summed E-state index contributed by atoms with van der Waals surface area (Å²) in [5.41, 5.74) is 6.06. The number of amides is 1. The molecule has 0 saturated heterocycles. The van der Waals surface area contributed by atoms with Crippen molar-refractivity contribution in [2.24, 2.45) is 0 Å². The molecule has 5 rings (SSSR count). The van der Waals surface area contributed by atoms with Gasteiger partial charge in [-0.15, -0.1) is 0 Å². The van der Waals surface area contributed by atoms with Crippen LogP contribution >= 0.6 is 33.0 Å². The van der Waals surface area contributed by atoms with Crippen LogP contribution in [0.2, 0.25) is 0 Å². The van der Waals surface area contributed by atoms with Gasteiger partial charge in [0.25, 0.3) is 0 Å². The SMILES string of the molecule is C.CC.CC.CC.CC.CC.CC(C)(C(=O)Cl)c1ccccc1.CC(C)(C(=O)Nc1ccccn1)c1ccccc1.CC(C)(C(=O)O)c1ccccc1.Nc1ccccn1.O=S(Cl)Cl. The lowest BCUT2D eigenvalue weighted by molar-refractivity contribution is -0.142. The summed E-state index contributed by atoms with van der Waals surface area (Å²) in [5, 5.41) is 11.4. The Bertz CT molecular complexity index is 1770. The van der Waals surface area contributed by atoms with Crippen molar-refractivity contribution < 1.29 is 23.7 Å². The summed E-state index contributed by atoms with van der Waals surface area (Å²) in [4.78, 5) is 42.0. The summed E-state index contributed by atoms with van der Waals surface area (Å²) in [5.74, 6) is 0.287. The van der Waals surface area contributed by atoms with Gasteiger partial charge in [-0.25, -0.2) is 14.2 Å². The lowest BCUT2D eigenvalue weighted by Crippen LogP contribution is -2.34. The molecule has 1 amide bonds. The molecule has 0 aliphatic carbocycles. The molecular formula is C51H79Cl3N4O5S. The van der Waals surface area contributed by atoms with Crippen molar-refractivity contribution in [3.8, 4) is 0 Å². The number of carboxylic acids is 1. The average Bonchev–Trinajstić information content (AvgIpc) is 3.31. The van der Waals surface area contributed by atoms with Gasteiger partial charge in [0.2, 0.25) is 20.4 Å². The summed E-state index contributed by atoms with van der Waals surface area (Å²) in [7, 11) is 7.36. The third kappa shape index (κ3) is 32.1. The molecule has 0 aliphatic rings. The number of pyridine rings is 2. The van der Waals surface area contributed by atoms with E-state index in [1.165, 1.54) is 0 Å². The van der Waals surface area contributed by atoms with Crippen LogP contribution in [0.4, 0.5) is 11.6 Å². The third-order valence-corrected chi connectivity index (χ3v) is 8.15. The third-order valence-electron chi connectivity index (χ3n) is 7.67. The fourth-order valence-electron chi connectivity index (χ4n) is 4.02. The minimum absolute atomic E-state index is 0. The average molecular weight is 967 g/mol. The number of nitrogens with zero attached hydrogens (tertiary/aromatic N) is 2. The maximum Gasteiger partial charge on any atom is 0.313 e. The van der Waals surface area contributed by atoms with Crippen molar-refractivity contribution in [2.75, 3.05) is 11.1 Å². The van der Waals surface area contributed by atoms with Crippen LogP contribution in [0.3, 0.4) is 0 Å². The number of carbonyl (C=O) groups is 3. The number of halogens is 3. The highest BCUT2D eigenvalue weighted by atomic mass is 36.0. The number of aromatic nitrogens is 2. The first-order chi connectivity index (χ1) is 29.8. The minimum Gasteiger partial charge on any atom is -0.481 e. The van der Waals surface area contributed by atoms with Crippen LogP contribution in [0.15, 0.2) is 140 Å². The first-order valence-electron chi connectivity index (χ1n) is 21.1. The Hall–Kier alpha value is -4.61. The molecule has 2 aromatic heterocycles. The van der Waals surface area contributed by atoms with Crippen LogP contribution in [0.1, 0.15) is 135 Å². The van der Waals surface area contributed by atoms with Gasteiger partial charge in [-0.05, 0) is 94.1 Å². The normalized spacial score (nSPS) is 9.25. The lowest BCUT2D eigenvalue weighted by Gasteiger charge is -2.23. The molecule has 3 aromatic carbocycles. The highest BCUT2D eigenvalue weighted by Crippen LogP contribution is 2.26. The number of carboxylic acid groups (broad SMARTS) is 1. The number of rotatable bonds is 7. The van der Waals surface area contributed by atoms with Gasteiger partial charge in [0.05, 0.1) is 16.2 Å². The van der Waals surface area contributed by atoms with E-state index in [1.54, 1.807) is 38.4 Å². The molecule has 0 unspecified atom stereocenters. The van der Waals surface area contributed by atoms with Crippen LogP contribution in [-0.4, -0.2) is 36.4 Å². The molecule has 13 heteroatoms. The Kier molecular flexibility index (Phi) is 48.4. The second-order valence-corrected chi connectivity index (χ2v) is 15.5. The first-order valence-corrected chi connectivity index (χ1v) is 24.2. The summed E-state index contributed by atoms with van der Waals surface area (Å²) in [6.07, 6.45) is 3.32. The van der Waals surface area contributed by atoms with Gasteiger partial charge in [0.1, 0.15) is 11.6 Å². The number of benzene rings is 3. The Morgan fingerprint density at radius 2 is 0.828 bits per heavy atom. The van der Waals surface area contributed by atoms with Crippen LogP contribution in [0.25, 0.3) is 0 Å². The van der Waals surface area contributed by atoms with Crippen LogP contribution in [-0.2, 0) is 39.9 Å². The van der Waals surface area contributed by atoms with Gasteiger partial charge in [0, 0.05) is 33.8 Å². The molecule has 0 saturated carbocycles. The van der Waals surface area contributed by atoms with Gasteiger partial charge in [-0.2, -0.15) is 0 Å². The van der Waals surface area contributed by atoms with Crippen LogP contribution in [0.5, 0.6) is 0 Å². The number of nitrogen functional groups attached to an aromatic ring is 1. The van der Waals surface area contributed by atoms with Crippen molar-refractivity contribution in [2.45, 2.75) is 134 Å². The molecule has 5 aromatic rings. The topological polar surface area (TPSA) is 152 Å². The standard InChI is InChI=1S/C15H16N2O.C10H11ClO.C10H12O2.C5H6N2.5C2H6.CH4.Cl2OS/c1-15(2,12-8-4-3-5-9-12)14(18)17-13-10-6-7-11-16-13;2*1-10(2,9(11)12)8-6-4-3-5-7-8;6-5-3-1-2-4-7-5;5*1-2;;1-4(2)3/h3-11H,1-2H3,(H,16,17,18);3-7H,1-2H3;3-7H,1-2H3,(H,11,12);1-4H,(H2,6,7);5*1-2H3;1H4;. The molecule has 4 N–H and O–H groups in total. The van der Waals surface area contributed by atoms with E-state index < -0.39 is 31.4 Å². The highest BCUT2D eigenvalue weighted by Gasteiger charge is 2.30. The molecular weight excluding hydrogens is 887 g/mol. The number of carbonyl (C=O) groups excluding carboxylic acids is 2. The highest BCUT2D eigenvalue weighted by molar-refractivity contribution is 8.26. The van der Waals surface area contributed by atoms with Gasteiger partial charge in [0.15, 0.2) is 0 Å². The van der Waals surface area contributed by atoms with E-state index in [1.807, 2.05) is 212 Å². The van der Waals surface area contributed by atoms with Gasteiger partial charge in [-0.1, -0.05) is 180 Å². The number of aliphatic carboxylic acids is 1. The van der Waals surface area contributed by atoms with Crippen LogP contribution in [0, 0.1) is 0 Å². The van der Waals surface area contributed by atoms with Gasteiger partial charge >= 0.3 is 5.97 Å². The molecule has 64 heavy (non-hydrogen) atoms. The van der Waals surface area contributed by atoms with Crippen LogP contribution < -0.4 is 11.1 Å². The quantitative estimate of drug-likeness (QED) is 0.136. The Morgan fingerprint density at radius 1 is 0.531 bits per heavy atom. The zero-order chi connectivity index (χ0) is 50.1. The summed E-state index contributed by atoms with van der Waals surface area (Å²) >= 11 is 5.47. The monoisotopic (exact) mass is 964 g/mol. The van der Waals surface area contributed by atoms with Crippen molar-refractivity contribution in [3.63, 3.8) is 0 Å². The maximum absolute atomic E-state index is 12.3. The molecule has 0 bridgehead atoms. The first kappa shape index (κ1) is 71.0. The molecule has 0 spiro atoms. The smallest absolute Gasteiger partial charge is 0.313 e. The van der Waals surface area contributed by atoms with E-state index in [0.29, 0.717) is 11.6 Å². The summed E-state index contributed by atoms with van der Waals surface area (Å²) < 4.78 is 9.09. The fourth-order valence-corrected chi connectivity index (χ4v) is 4.13. The number of anilines is 2. The van der Waals surface area contributed by atoms with E-state index in [9.17, 15) is 14.4 Å². The number of hydrogen-bond acceptors (Lipinski definition) is 7. The molecule has 9 nitrogen and oxygen atoms in total. The molecule has 360 valence electrons. The van der Waals surface area contributed by atoms with E-state index in [4.69, 9.17) is 26.7 Å². The summed E-state index contributed by atoms with van der Waals surface area (Å²) in [6, 6.07) is 39.3. The second-order valence-electron chi connectivity index (χ2n) is 12.7. The summed E-state index contributed by atoms with van der Waals surface area (Å²) in [6.45, 7) is 30.8. The Labute approximate surface area is 404 Å². The van der Waals surface area contributed by atoms with E-state index in [2.05, 4.69) is 36.6 Å². The van der Waals surface area contributed by atoms with E-state index >= 15 is 0 Å². The number of hydrogen-bond donors (Lipinski definition) is 3. The minimum atomic E-state index is -1.67. The van der Waals surface area contributed by atoms with Crippen molar-refractivity contribution in [1.29, 1.82) is 0 Å². The van der Waals surface area contributed by atoms with Gasteiger partial charge in [-0.3, -0.25) is 14.4 Å². The van der Waals surface area contributed by atoms with Crippen molar-refractivity contribution in [1.82, 2.24) is 9.97 Å². The molecule has 0 aliphatic heterocycles.